The molecule has 0 aromatic rings. The van der Waals surface area contributed by atoms with Crippen LogP contribution in [-0.4, -0.2) is 45.0 Å². The summed E-state index contributed by atoms with van der Waals surface area (Å²) in [5, 5.41) is 0. The third kappa shape index (κ3) is 13.0. The van der Waals surface area contributed by atoms with E-state index in [1.54, 1.807) is 6.92 Å². The van der Waals surface area contributed by atoms with E-state index < -0.39 is 23.3 Å². The predicted octanol–water partition coefficient (Wildman–Crippen LogP) is 2.86. The van der Waals surface area contributed by atoms with Crippen molar-refractivity contribution >= 4 is 23.3 Å². The zero-order chi connectivity index (χ0) is 17.3. The van der Waals surface area contributed by atoms with Gasteiger partial charge in [-0.25, -0.2) is 0 Å². The molecule has 0 aliphatic rings. The number of primary amides is 1. The first-order valence-electron chi connectivity index (χ1n) is 7.33. The fraction of sp³-hybridized carbons (Fsp3) is 0.786. The van der Waals surface area contributed by atoms with Crippen LogP contribution in [0.4, 0.5) is 0 Å². The summed E-state index contributed by atoms with van der Waals surface area (Å²) >= 11 is 0. The maximum atomic E-state index is 10.8. The standard InChI is InChI=1S/C7H13NO4S.C7H19P/c1-3-4-6(13(10,11)12)5(2)7(8)9;1-5-6-7-8(2,3)4/h3-4H2,1-2H3,(H2,8,9)(H,10,11,12);8H,5-7H2,1-4H3/b6-5+;. The summed E-state index contributed by atoms with van der Waals surface area (Å²) in [6.07, 6.45) is 4.94. The Labute approximate surface area is 130 Å². The van der Waals surface area contributed by atoms with Gasteiger partial charge in [-0.2, -0.15) is 8.42 Å². The fourth-order valence-corrected chi connectivity index (χ4v) is 3.95. The molecule has 0 unspecified atom stereocenters. The van der Waals surface area contributed by atoms with Gasteiger partial charge in [0.25, 0.3) is 10.1 Å². The van der Waals surface area contributed by atoms with Crippen LogP contribution in [0.1, 0.15) is 46.5 Å². The van der Waals surface area contributed by atoms with E-state index in [0.717, 1.165) is 0 Å². The average Bonchev–Trinajstić information content (AvgIpc) is 2.31. The van der Waals surface area contributed by atoms with Gasteiger partial charge in [0, 0.05) is 5.57 Å². The van der Waals surface area contributed by atoms with Crippen molar-refractivity contribution in [1.29, 1.82) is 0 Å². The molecular weight excluding hydrogens is 309 g/mol. The Morgan fingerprint density at radius 2 is 1.62 bits per heavy atom. The van der Waals surface area contributed by atoms with Gasteiger partial charge in [-0.1, -0.05) is 13.3 Å². The summed E-state index contributed by atoms with van der Waals surface area (Å²) in [6.45, 7) is 12.6. The normalized spacial score (nSPS) is 13.9. The van der Waals surface area contributed by atoms with Crippen LogP contribution in [0.5, 0.6) is 0 Å². The fourth-order valence-electron chi connectivity index (χ4n) is 1.58. The van der Waals surface area contributed by atoms with Crippen LogP contribution in [-0.2, 0) is 14.9 Å². The topological polar surface area (TPSA) is 97.5 Å². The maximum absolute atomic E-state index is 10.8. The van der Waals surface area contributed by atoms with Crippen molar-refractivity contribution in [3.05, 3.63) is 10.5 Å². The molecule has 1 amide bonds. The van der Waals surface area contributed by atoms with E-state index in [0.29, 0.717) is 6.42 Å². The Bertz CT molecular complexity index is 450. The van der Waals surface area contributed by atoms with Crippen molar-refractivity contribution in [1.82, 2.24) is 0 Å². The third-order valence-corrected chi connectivity index (χ3v) is 5.84. The van der Waals surface area contributed by atoms with Crippen LogP contribution in [0, 0.1) is 0 Å². The van der Waals surface area contributed by atoms with Gasteiger partial charge in [0.1, 0.15) is 0 Å². The molecule has 0 rings (SSSR count). The van der Waals surface area contributed by atoms with E-state index >= 15 is 0 Å². The van der Waals surface area contributed by atoms with Gasteiger partial charge < -0.3 is 5.73 Å². The van der Waals surface area contributed by atoms with Crippen molar-refractivity contribution in [3.63, 3.8) is 0 Å². The minimum atomic E-state index is -4.29. The summed E-state index contributed by atoms with van der Waals surface area (Å²) < 4.78 is 30.2. The van der Waals surface area contributed by atoms with Gasteiger partial charge in [-0.15, -0.1) is 0 Å². The molecule has 0 aliphatic heterocycles. The summed E-state index contributed by atoms with van der Waals surface area (Å²) in [4.78, 5) is 10.4. The Balaban J connectivity index is 0. The van der Waals surface area contributed by atoms with Gasteiger partial charge in [0.2, 0.25) is 5.91 Å². The molecule has 7 heteroatoms. The van der Waals surface area contributed by atoms with Crippen LogP contribution in [0.3, 0.4) is 0 Å². The first kappa shape index (κ1) is 22.8. The average molecular weight is 341 g/mol. The monoisotopic (exact) mass is 341 g/mol. The number of hydrogen-bond donors (Lipinski definition) is 2. The molecule has 3 N–H and O–H groups in total. The van der Waals surface area contributed by atoms with E-state index in [9.17, 15) is 13.2 Å². The molecular formula is C14H32NO4PS. The van der Waals surface area contributed by atoms with E-state index in [2.05, 4.69) is 26.9 Å². The van der Waals surface area contributed by atoms with E-state index in [1.165, 1.54) is 25.9 Å². The number of carbonyl (C=O) groups is 1. The van der Waals surface area contributed by atoms with Gasteiger partial charge in [0.05, 0.1) is 4.91 Å². The molecule has 5 nitrogen and oxygen atoms in total. The Morgan fingerprint density at radius 3 is 1.81 bits per heavy atom. The Hall–Kier alpha value is -0.450. The SMILES string of the molecule is CCC/C(=C(/C)C(N)=O)S(=O)(=O)O.CCCC[PH](C)(C)C. The van der Waals surface area contributed by atoms with Crippen LogP contribution < -0.4 is 5.73 Å². The molecule has 0 aliphatic carbocycles. The first-order valence-corrected chi connectivity index (χ1v) is 12.5. The molecule has 0 aromatic heterocycles. The number of unbranched alkanes of at least 4 members (excludes halogenated alkanes) is 1. The molecule has 0 saturated heterocycles. The van der Waals surface area contributed by atoms with Crippen molar-refractivity contribution in [2.45, 2.75) is 46.5 Å². The van der Waals surface area contributed by atoms with Crippen LogP contribution in [0.25, 0.3) is 0 Å². The minimum absolute atomic E-state index is 0.107. The van der Waals surface area contributed by atoms with Crippen molar-refractivity contribution in [2.24, 2.45) is 5.73 Å². The number of carbonyl (C=O) groups excluding carboxylic acids is 1. The van der Waals surface area contributed by atoms with Gasteiger partial charge in [0.15, 0.2) is 0 Å². The number of hydrogen-bond acceptors (Lipinski definition) is 3. The van der Waals surface area contributed by atoms with E-state index in [4.69, 9.17) is 10.3 Å². The predicted molar refractivity (Wildman–Crippen MR) is 94.2 cm³/mol. The first-order chi connectivity index (χ1) is 9.36. The molecule has 0 fully saturated rings. The zero-order valence-electron chi connectivity index (χ0n) is 14.2. The molecule has 0 saturated carbocycles. The Morgan fingerprint density at radius 1 is 1.14 bits per heavy atom. The molecule has 0 bridgehead atoms. The Kier molecular flexibility index (Phi) is 11.2. The molecule has 21 heavy (non-hydrogen) atoms. The molecule has 0 radical (unpaired) electrons. The molecule has 128 valence electrons. The summed E-state index contributed by atoms with van der Waals surface area (Å²) in [7, 11) is -4.97. The number of amides is 1. The van der Waals surface area contributed by atoms with Crippen LogP contribution in [0.15, 0.2) is 10.5 Å². The van der Waals surface area contributed by atoms with Crippen LogP contribution >= 0.6 is 7.26 Å². The second-order valence-corrected chi connectivity index (χ2v) is 13.4. The molecule has 0 heterocycles. The molecule has 0 atom stereocenters. The van der Waals surface area contributed by atoms with Crippen molar-refractivity contribution in [2.75, 3.05) is 26.2 Å². The van der Waals surface area contributed by atoms with E-state index in [1.807, 2.05) is 0 Å². The molecule has 0 spiro atoms. The quantitative estimate of drug-likeness (QED) is 0.423. The third-order valence-electron chi connectivity index (χ3n) is 2.86. The second-order valence-electron chi connectivity index (χ2n) is 6.30. The number of allylic oxidation sites excluding steroid dienone is 1. The second kappa shape index (κ2) is 10.3. The van der Waals surface area contributed by atoms with Crippen LogP contribution in [0.2, 0.25) is 0 Å². The number of rotatable bonds is 7. The molecule has 0 aromatic carbocycles. The zero-order valence-corrected chi connectivity index (χ0v) is 16.0. The summed E-state index contributed by atoms with van der Waals surface area (Å²) in [5.41, 5.74) is 4.78. The summed E-state index contributed by atoms with van der Waals surface area (Å²) in [5.74, 6) is -0.832. The van der Waals surface area contributed by atoms with Crippen molar-refractivity contribution in [3.8, 4) is 0 Å². The number of nitrogens with two attached hydrogens (primary N) is 1. The summed E-state index contributed by atoms with van der Waals surface area (Å²) in [6, 6.07) is 0. The van der Waals surface area contributed by atoms with Gasteiger partial charge >= 0.3 is 53.2 Å². The van der Waals surface area contributed by atoms with E-state index in [-0.39, 0.29) is 16.9 Å². The van der Waals surface area contributed by atoms with Gasteiger partial charge in [-0.3, -0.25) is 9.35 Å². The van der Waals surface area contributed by atoms with Crippen molar-refractivity contribution < 1.29 is 17.8 Å². The van der Waals surface area contributed by atoms with Gasteiger partial charge in [-0.05, 0) is 13.3 Å².